The van der Waals surface area contributed by atoms with E-state index in [1.807, 2.05) is 49.6 Å². The highest BCUT2D eigenvalue weighted by molar-refractivity contribution is 5.91. The number of likely N-dealkylation sites (tertiary alicyclic amines) is 1. The van der Waals surface area contributed by atoms with E-state index in [1.165, 1.54) is 0 Å². The number of aromatic amines is 1. The second-order valence-electron chi connectivity index (χ2n) is 16.6. The Kier molecular flexibility index (Phi) is 9.81. The summed E-state index contributed by atoms with van der Waals surface area (Å²) in [6.07, 6.45) is 9.56. The Morgan fingerprint density at radius 1 is 0.931 bits per heavy atom. The van der Waals surface area contributed by atoms with Gasteiger partial charge in [0.1, 0.15) is 17.7 Å². The minimum Gasteiger partial charge on any atom is -0.343 e. The number of aromatic nitrogens is 4. The summed E-state index contributed by atoms with van der Waals surface area (Å²) in [7, 11) is 1.82. The second-order valence-corrected chi connectivity index (χ2v) is 16.6. The number of nitrogen functional groups attached to an aromatic ring is 1. The third-order valence-corrected chi connectivity index (χ3v) is 12.6. The molecule has 12 nitrogen and oxygen atoms in total. The molecule has 0 radical (unpaired) electrons. The summed E-state index contributed by atoms with van der Waals surface area (Å²) in [4.78, 5) is 55.5. The molecule has 3 aliphatic rings. The van der Waals surface area contributed by atoms with Crippen LogP contribution in [0, 0.1) is 11.3 Å². The average molecular weight is 776 g/mol. The summed E-state index contributed by atoms with van der Waals surface area (Å²) < 4.78 is 1.57. The van der Waals surface area contributed by atoms with Crippen molar-refractivity contribution in [2.24, 2.45) is 11.3 Å². The number of nitrogens with two attached hydrogens (primary N) is 1. The van der Waals surface area contributed by atoms with Gasteiger partial charge in [-0.3, -0.25) is 14.4 Å². The number of imidazole rings is 2. The lowest BCUT2D eigenvalue weighted by Gasteiger charge is -2.34. The second kappa shape index (κ2) is 15.2. The molecule has 1 saturated heterocycles. The minimum absolute atomic E-state index is 0.00545. The van der Waals surface area contributed by atoms with Crippen molar-refractivity contribution >= 4 is 29.0 Å². The highest BCUT2D eigenvalue weighted by atomic mass is 16.2. The summed E-state index contributed by atoms with van der Waals surface area (Å²) in [5.41, 5.74) is 6.62. The van der Waals surface area contributed by atoms with Crippen LogP contribution < -0.4 is 16.5 Å². The number of hydrogen-bond donors (Lipinski definition) is 4. The van der Waals surface area contributed by atoms with Crippen LogP contribution in [-0.4, -0.2) is 73.8 Å². The van der Waals surface area contributed by atoms with Gasteiger partial charge in [0.05, 0.1) is 42.9 Å². The lowest BCUT2D eigenvalue weighted by Crippen LogP contribution is -2.44. The number of benzene rings is 4. The Balaban J connectivity index is 0.908. The number of H-pyrrole nitrogens is 1. The molecule has 5 N–H and O–H groups in total. The molecule has 6 aromatic rings. The van der Waals surface area contributed by atoms with Gasteiger partial charge in [-0.2, -0.15) is 0 Å². The smallest absolute Gasteiger partial charge is 0.250 e. The van der Waals surface area contributed by atoms with Crippen LogP contribution in [0.15, 0.2) is 103 Å². The number of nitrogens with zero attached hydrogens (tertiary/aromatic N) is 5. The van der Waals surface area contributed by atoms with Crippen molar-refractivity contribution in [2.75, 3.05) is 26.0 Å². The molecule has 4 atom stereocenters. The van der Waals surface area contributed by atoms with Crippen molar-refractivity contribution in [3.63, 3.8) is 0 Å². The van der Waals surface area contributed by atoms with Crippen molar-refractivity contribution in [1.82, 2.24) is 40.1 Å². The molecule has 3 heterocycles. The lowest BCUT2D eigenvalue weighted by atomic mass is 9.97. The summed E-state index contributed by atoms with van der Waals surface area (Å²) in [6.45, 7) is 3.27. The van der Waals surface area contributed by atoms with Gasteiger partial charge in [0.25, 0.3) is 0 Å². The Labute approximate surface area is 337 Å². The van der Waals surface area contributed by atoms with Gasteiger partial charge in [-0.05, 0) is 95.6 Å². The Morgan fingerprint density at radius 2 is 1.64 bits per heavy atom. The van der Waals surface area contributed by atoms with Gasteiger partial charge in [0, 0.05) is 18.2 Å². The van der Waals surface area contributed by atoms with Crippen LogP contribution in [0.5, 0.6) is 0 Å². The van der Waals surface area contributed by atoms with Gasteiger partial charge in [0.2, 0.25) is 18.2 Å². The Hall–Kier alpha value is -6.27. The van der Waals surface area contributed by atoms with E-state index in [4.69, 9.17) is 10.8 Å². The monoisotopic (exact) mass is 775 g/mol. The number of carbonyl (C=O) groups excluding carboxylic acids is 3. The van der Waals surface area contributed by atoms with Crippen molar-refractivity contribution < 1.29 is 14.4 Å². The van der Waals surface area contributed by atoms with E-state index in [-0.39, 0.29) is 29.8 Å². The summed E-state index contributed by atoms with van der Waals surface area (Å²) in [5.74, 6) is 8.53. The SMILES string of the molecule is CNCC(=O)N1[C@@H]2CC[C@@H](C2)[C@H]1c1ncc(-c2ccc(-c3ccc4cc(-c5cnc(CN(CC6(C)CC6)C(=O)C(NC=O)c6ccccc6)n5N)ccc4c3)cc2)[nH]1. The first-order valence-corrected chi connectivity index (χ1v) is 20.2. The number of rotatable bonds is 14. The highest BCUT2D eigenvalue weighted by Crippen LogP contribution is 2.50. The highest BCUT2D eigenvalue weighted by Gasteiger charge is 2.49. The van der Waals surface area contributed by atoms with E-state index >= 15 is 0 Å². The molecular weight excluding hydrogens is 727 g/mol. The molecule has 2 aliphatic carbocycles. The maximum Gasteiger partial charge on any atom is 0.250 e. The Bertz CT molecular complexity index is 2470. The fraction of sp³-hybridized carbons (Fsp3) is 0.326. The number of likely N-dealkylation sites (N-methyl/N-ethyl adjacent to an activating group) is 1. The van der Waals surface area contributed by atoms with E-state index in [0.29, 0.717) is 37.3 Å². The molecule has 1 unspecified atom stereocenters. The fourth-order valence-electron chi connectivity index (χ4n) is 9.15. The number of carbonyl (C=O) groups is 3. The molecule has 1 aliphatic heterocycles. The van der Waals surface area contributed by atoms with E-state index < -0.39 is 6.04 Å². The topological polar surface area (TPSA) is 154 Å². The van der Waals surface area contributed by atoms with E-state index in [2.05, 4.69) is 87.0 Å². The van der Waals surface area contributed by atoms with Gasteiger partial charge < -0.3 is 31.3 Å². The molecule has 296 valence electrons. The number of nitrogens with one attached hydrogen (secondary N) is 3. The zero-order valence-corrected chi connectivity index (χ0v) is 32.9. The molecule has 9 rings (SSSR count). The largest absolute Gasteiger partial charge is 0.343 e. The standard InChI is InChI=1S/C46H49N9O3/c1-46(18-19-46)27-53(45(58)42(51-28-56)31-6-4-3-5-7-31)26-40-49-24-39(55(40)47)35-15-14-33-20-32(12-13-34(33)21-35)29-8-10-30(11-9-29)38-23-50-44(52-38)43-36-16-17-37(22-36)54(43)41(57)25-48-2/h3-15,20-21,23-24,28,36-37,42-43,48H,16-19,22,25-27,47H2,1-2H3,(H,50,52)(H,51,56)/t36-,37+,42?,43-/m0/s1. The lowest BCUT2D eigenvalue weighted by molar-refractivity contribution is -0.136. The predicted molar refractivity (Wildman–Crippen MR) is 224 cm³/mol. The molecule has 2 saturated carbocycles. The molecule has 0 spiro atoms. The molecule has 2 aromatic heterocycles. The van der Waals surface area contributed by atoms with Crippen LogP contribution in [0.2, 0.25) is 0 Å². The van der Waals surface area contributed by atoms with Gasteiger partial charge in [0.15, 0.2) is 0 Å². The van der Waals surface area contributed by atoms with Crippen LogP contribution in [0.4, 0.5) is 0 Å². The van der Waals surface area contributed by atoms with Crippen LogP contribution in [0.3, 0.4) is 0 Å². The third-order valence-electron chi connectivity index (χ3n) is 12.6. The first-order chi connectivity index (χ1) is 28.2. The molecule has 3 fully saturated rings. The maximum atomic E-state index is 14.0. The van der Waals surface area contributed by atoms with E-state index in [0.717, 1.165) is 87.9 Å². The number of piperidine rings is 1. The van der Waals surface area contributed by atoms with Crippen molar-refractivity contribution in [1.29, 1.82) is 0 Å². The number of hydrogen-bond acceptors (Lipinski definition) is 7. The molecule has 3 amide bonds. The van der Waals surface area contributed by atoms with Gasteiger partial charge >= 0.3 is 0 Å². The minimum atomic E-state index is -0.806. The molecule has 58 heavy (non-hydrogen) atoms. The Morgan fingerprint density at radius 3 is 2.36 bits per heavy atom. The number of fused-ring (bicyclic) bond motifs is 3. The quantitative estimate of drug-likeness (QED) is 0.0742. The van der Waals surface area contributed by atoms with Crippen molar-refractivity contribution in [2.45, 2.75) is 63.7 Å². The number of amides is 3. The summed E-state index contributed by atoms with van der Waals surface area (Å²) in [5, 5.41) is 7.92. The van der Waals surface area contributed by atoms with Crippen LogP contribution >= 0.6 is 0 Å². The van der Waals surface area contributed by atoms with Gasteiger partial charge in [-0.1, -0.05) is 85.8 Å². The molecule has 4 aromatic carbocycles. The summed E-state index contributed by atoms with van der Waals surface area (Å²) in [6, 6.07) is 30.0. The molecule has 12 heteroatoms. The predicted octanol–water partition coefficient (Wildman–Crippen LogP) is 6.36. The maximum absolute atomic E-state index is 14.0. The first-order valence-electron chi connectivity index (χ1n) is 20.2. The van der Waals surface area contributed by atoms with Crippen LogP contribution in [0.25, 0.3) is 44.4 Å². The van der Waals surface area contributed by atoms with E-state index in [1.54, 1.807) is 15.8 Å². The zero-order valence-electron chi connectivity index (χ0n) is 32.9. The molecule has 2 bridgehead atoms. The van der Waals surface area contributed by atoms with Crippen LogP contribution in [-0.2, 0) is 20.9 Å². The average Bonchev–Trinajstić information content (AvgIpc) is 3.73. The normalized spacial score (nSPS) is 19.6. The summed E-state index contributed by atoms with van der Waals surface area (Å²) >= 11 is 0. The first kappa shape index (κ1) is 37.3. The zero-order chi connectivity index (χ0) is 40.0. The van der Waals surface area contributed by atoms with Crippen LogP contribution in [0.1, 0.15) is 68.3 Å². The third kappa shape index (κ3) is 7.13. The fourth-order valence-corrected chi connectivity index (χ4v) is 9.15. The van der Waals surface area contributed by atoms with E-state index in [9.17, 15) is 14.4 Å². The molecular formula is C46H49N9O3. The van der Waals surface area contributed by atoms with Crippen molar-refractivity contribution in [3.8, 4) is 33.6 Å². The van der Waals surface area contributed by atoms with Gasteiger partial charge in [-0.25, -0.2) is 14.6 Å². The van der Waals surface area contributed by atoms with Crippen molar-refractivity contribution in [3.05, 3.63) is 121 Å². The van der Waals surface area contributed by atoms with Gasteiger partial charge in [-0.15, -0.1) is 0 Å².